The molecule has 2 N–H and O–H groups in total. The molecule has 2 aromatic rings. The predicted octanol–water partition coefficient (Wildman–Crippen LogP) is 5.65. The van der Waals surface area contributed by atoms with E-state index >= 15 is 0 Å². The Hall–Kier alpha value is -1.96. The SMILES string of the molecule is Cc1ccc(C(C)C)c(O)c1.Cc1cccc(C(C)C)c1O. The van der Waals surface area contributed by atoms with Crippen molar-refractivity contribution in [3.8, 4) is 11.5 Å². The van der Waals surface area contributed by atoms with Gasteiger partial charge in [0.25, 0.3) is 0 Å². The van der Waals surface area contributed by atoms with Gasteiger partial charge in [0.1, 0.15) is 11.5 Å². The summed E-state index contributed by atoms with van der Waals surface area (Å²) in [7, 11) is 0. The first kappa shape index (κ1) is 18.1. The van der Waals surface area contributed by atoms with Crippen LogP contribution in [0.1, 0.15) is 61.8 Å². The third kappa shape index (κ3) is 4.80. The van der Waals surface area contributed by atoms with E-state index in [0.29, 0.717) is 23.3 Å². The summed E-state index contributed by atoms with van der Waals surface area (Å²) in [4.78, 5) is 0. The van der Waals surface area contributed by atoms with Crippen molar-refractivity contribution in [2.75, 3.05) is 0 Å². The van der Waals surface area contributed by atoms with Crippen LogP contribution in [0, 0.1) is 13.8 Å². The highest BCUT2D eigenvalue weighted by molar-refractivity contribution is 5.41. The molecule has 120 valence electrons. The molecule has 0 amide bonds. The molecule has 0 heterocycles. The normalized spacial score (nSPS) is 10.5. The third-order valence-electron chi connectivity index (χ3n) is 3.70. The largest absolute Gasteiger partial charge is 0.508 e. The van der Waals surface area contributed by atoms with Gasteiger partial charge in [-0.2, -0.15) is 0 Å². The molecular formula is C20H28O2. The van der Waals surface area contributed by atoms with E-state index in [2.05, 4.69) is 27.7 Å². The van der Waals surface area contributed by atoms with Crippen LogP contribution in [0.4, 0.5) is 0 Å². The Morgan fingerprint density at radius 2 is 1.36 bits per heavy atom. The van der Waals surface area contributed by atoms with Crippen molar-refractivity contribution in [3.05, 3.63) is 58.7 Å². The minimum atomic E-state index is 0.398. The first-order valence-corrected chi connectivity index (χ1v) is 7.82. The smallest absolute Gasteiger partial charge is 0.121 e. The maximum atomic E-state index is 9.57. The van der Waals surface area contributed by atoms with Crippen LogP contribution >= 0.6 is 0 Å². The zero-order chi connectivity index (χ0) is 16.9. The highest BCUT2D eigenvalue weighted by atomic mass is 16.3. The quantitative estimate of drug-likeness (QED) is 0.752. The van der Waals surface area contributed by atoms with Crippen LogP contribution in [-0.4, -0.2) is 10.2 Å². The van der Waals surface area contributed by atoms with Gasteiger partial charge in [0.15, 0.2) is 0 Å². The summed E-state index contributed by atoms with van der Waals surface area (Å²) in [5, 5.41) is 19.0. The number of phenols is 2. The number of rotatable bonds is 2. The summed E-state index contributed by atoms with van der Waals surface area (Å²) in [6.07, 6.45) is 0. The van der Waals surface area contributed by atoms with Gasteiger partial charge in [-0.3, -0.25) is 0 Å². The van der Waals surface area contributed by atoms with Crippen molar-refractivity contribution in [1.29, 1.82) is 0 Å². The summed E-state index contributed by atoms with van der Waals surface area (Å²) in [5.41, 5.74) is 4.11. The summed E-state index contributed by atoms with van der Waals surface area (Å²) in [6.45, 7) is 12.2. The van der Waals surface area contributed by atoms with Gasteiger partial charge in [-0.15, -0.1) is 0 Å². The van der Waals surface area contributed by atoms with Gasteiger partial charge in [-0.25, -0.2) is 0 Å². The number of para-hydroxylation sites is 1. The summed E-state index contributed by atoms with van der Waals surface area (Å²) < 4.78 is 0. The van der Waals surface area contributed by atoms with Crippen molar-refractivity contribution < 1.29 is 10.2 Å². The predicted molar refractivity (Wildman–Crippen MR) is 93.9 cm³/mol. The van der Waals surface area contributed by atoms with E-state index in [4.69, 9.17) is 0 Å². The van der Waals surface area contributed by atoms with Crippen molar-refractivity contribution in [1.82, 2.24) is 0 Å². The van der Waals surface area contributed by atoms with Crippen molar-refractivity contribution in [3.63, 3.8) is 0 Å². The molecule has 0 aliphatic heterocycles. The number of aromatic hydroxyl groups is 2. The zero-order valence-electron chi connectivity index (χ0n) is 14.5. The highest BCUT2D eigenvalue weighted by Gasteiger charge is 2.06. The topological polar surface area (TPSA) is 40.5 Å². The molecule has 0 aliphatic rings. The fourth-order valence-electron chi connectivity index (χ4n) is 2.29. The Morgan fingerprint density at radius 3 is 1.82 bits per heavy atom. The summed E-state index contributed by atoms with van der Waals surface area (Å²) >= 11 is 0. The fourth-order valence-corrected chi connectivity index (χ4v) is 2.29. The molecule has 0 unspecified atom stereocenters. The maximum absolute atomic E-state index is 9.57. The first-order valence-electron chi connectivity index (χ1n) is 7.82. The Morgan fingerprint density at radius 1 is 0.773 bits per heavy atom. The molecule has 0 radical (unpaired) electrons. The Balaban J connectivity index is 0.000000220. The molecule has 0 saturated heterocycles. The Kier molecular flexibility index (Phi) is 6.48. The average Bonchev–Trinajstić information content (AvgIpc) is 2.41. The third-order valence-corrected chi connectivity index (χ3v) is 3.70. The van der Waals surface area contributed by atoms with Crippen LogP contribution in [0.5, 0.6) is 11.5 Å². The molecule has 0 aromatic heterocycles. The van der Waals surface area contributed by atoms with E-state index in [1.807, 2.05) is 44.2 Å². The molecule has 0 bridgehead atoms. The molecule has 2 nitrogen and oxygen atoms in total. The second-order valence-electron chi connectivity index (χ2n) is 6.38. The van der Waals surface area contributed by atoms with Crippen LogP contribution in [0.2, 0.25) is 0 Å². The van der Waals surface area contributed by atoms with Crippen LogP contribution in [0.15, 0.2) is 36.4 Å². The van der Waals surface area contributed by atoms with E-state index in [-0.39, 0.29) is 0 Å². The Labute approximate surface area is 134 Å². The second kappa shape index (κ2) is 7.88. The standard InChI is InChI=1S/2C10H14O/c1-7(2)9-5-4-8(3)6-10(9)11;1-7(2)9-6-4-5-8(3)10(9)11/h2*4-7,11H,1-3H3. The first-order chi connectivity index (χ1) is 10.2. The lowest BCUT2D eigenvalue weighted by atomic mass is 10.00. The second-order valence-corrected chi connectivity index (χ2v) is 6.38. The summed E-state index contributed by atoms with van der Waals surface area (Å²) in [6, 6.07) is 11.7. The van der Waals surface area contributed by atoms with Crippen LogP contribution in [0.25, 0.3) is 0 Å². The number of hydrogen-bond acceptors (Lipinski definition) is 2. The van der Waals surface area contributed by atoms with Gasteiger partial charge in [0, 0.05) is 0 Å². The lowest BCUT2D eigenvalue weighted by molar-refractivity contribution is 0.460. The van der Waals surface area contributed by atoms with Gasteiger partial charge in [-0.05, 0) is 54.0 Å². The molecule has 2 rings (SSSR count). The average molecular weight is 300 g/mol. The monoisotopic (exact) mass is 300 g/mol. The van der Waals surface area contributed by atoms with Gasteiger partial charge in [0.05, 0.1) is 0 Å². The van der Waals surface area contributed by atoms with Crippen LogP contribution < -0.4 is 0 Å². The fraction of sp³-hybridized carbons (Fsp3) is 0.400. The number of hydrogen-bond donors (Lipinski definition) is 2. The summed E-state index contributed by atoms with van der Waals surface area (Å²) in [5.74, 6) is 1.66. The molecule has 0 atom stereocenters. The van der Waals surface area contributed by atoms with E-state index in [1.165, 1.54) is 0 Å². The lowest BCUT2D eigenvalue weighted by Gasteiger charge is -2.09. The molecule has 2 aromatic carbocycles. The molecular weight excluding hydrogens is 272 g/mol. The molecule has 2 heteroatoms. The maximum Gasteiger partial charge on any atom is 0.121 e. The van der Waals surface area contributed by atoms with Crippen LogP contribution in [-0.2, 0) is 0 Å². The van der Waals surface area contributed by atoms with Crippen molar-refractivity contribution >= 4 is 0 Å². The van der Waals surface area contributed by atoms with Gasteiger partial charge >= 0.3 is 0 Å². The van der Waals surface area contributed by atoms with Gasteiger partial charge < -0.3 is 10.2 Å². The Bertz CT molecular complexity index is 613. The van der Waals surface area contributed by atoms with E-state index in [9.17, 15) is 10.2 Å². The van der Waals surface area contributed by atoms with E-state index < -0.39 is 0 Å². The highest BCUT2D eigenvalue weighted by Crippen LogP contribution is 2.27. The number of benzene rings is 2. The molecule has 0 aliphatic carbocycles. The molecule has 0 spiro atoms. The molecule has 22 heavy (non-hydrogen) atoms. The number of phenolic OH excluding ortho intramolecular Hbond substituents is 2. The zero-order valence-corrected chi connectivity index (χ0v) is 14.5. The molecule has 0 saturated carbocycles. The van der Waals surface area contributed by atoms with Crippen molar-refractivity contribution in [2.24, 2.45) is 0 Å². The van der Waals surface area contributed by atoms with Gasteiger partial charge in [-0.1, -0.05) is 58.0 Å². The van der Waals surface area contributed by atoms with E-state index in [0.717, 1.165) is 22.3 Å². The van der Waals surface area contributed by atoms with Crippen molar-refractivity contribution in [2.45, 2.75) is 53.4 Å². The lowest BCUT2D eigenvalue weighted by Crippen LogP contribution is -1.88. The van der Waals surface area contributed by atoms with E-state index in [1.54, 1.807) is 6.07 Å². The van der Waals surface area contributed by atoms with Crippen LogP contribution in [0.3, 0.4) is 0 Å². The van der Waals surface area contributed by atoms with Gasteiger partial charge in [0.2, 0.25) is 0 Å². The minimum Gasteiger partial charge on any atom is -0.508 e. The minimum absolute atomic E-state index is 0.398. The number of aryl methyl sites for hydroxylation is 2. The molecule has 0 fully saturated rings.